The summed E-state index contributed by atoms with van der Waals surface area (Å²) >= 11 is 7.93. The maximum atomic E-state index is 13.0. The molecule has 2 heterocycles. The van der Waals surface area contributed by atoms with Crippen molar-refractivity contribution >= 4 is 35.2 Å². The van der Waals surface area contributed by atoms with Crippen LogP contribution in [0.15, 0.2) is 84.0 Å². The number of amides is 2. The van der Waals surface area contributed by atoms with Crippen LogP contribution >= 0.6 is 23.4 Å². The fraction of sp³-hybridized carbons (Fsp3) is 0.333. The van der Waals surface area contributed by atoms with Gasteiger partial charge >= 0.3 is 0 Å². The van der Waals surface area contributed by atoms with Crippen molar-refractivity contribution in [3.8, 4) is 5.69 Å². The molecule has 5 rings (SSSR count). The maximum Gasteiger partial charge on any atom is 0.255 e. The van der Waals surface area contributed by atoms with E-state index in [1.165, 1.54) is 11.1 Å². The van der Waals surface area contributed by atoms with Gasteiger partial charge in [-0.15, -0.1) is 10.2 Å². The smallest absolute Gasteiger partial charge is 0.255 e. The quantitative estimate of drug-likeness (QED) is 0.154. The highest BCUT2D eigenvalue weighted by Crippen LogP contribution is 2.27. The van der Waals surface area contributed by atoms with Gasteiger partial charge in [-0.1, -0.05) is 84.0 Å². The minimum Gasteiger partial charge on any atom is -0.339 e. The first kappa shape index (κ1) is 29.9. The summed E-state index contributed by atoms with van der Waals surface area (Å²) in [6, 6.07) is 25.7. The number of thioether (sulfide) groups is 1. The van der Waals surface area contributed by atoms with Crippen molar-refractivity contribution in [3.05, 3.63) is 106 Å². The highest BCUT2D eigenvalue weighted by molar-refractivity contribution is 7.99. The van der Waals surface area contributed by atoms with Crippen LogP contribution in [0.1, 0.15) is 53.5 Å². The molecule has 0 N–H and O–H groups in total. The van der Waals surface area contributed by atoms with Crippen molar-refractivity contribution in [1.29, 1.82) is 0 Å². The number of benzene rings is 3. The molecular formula is C33H36ClN5O2S. The van der Waals surface area contributed by atoms with Crippen molar-refractivity contribution in [3.63, 3.8) is 0 Å². The van der Waals surface area contributed by atoms with E-state index in [0.29, 0.717) is 43.1 Å². The van der Waals surface area contributed by atoms with E-state index in [-0.39, 0.29) is 17.9 Å². The molecule has 1 atom stereocenters. The first-order valence-corrected chi connectivity index (χ1v) is 15.8. The number of para-hydroxylation sites is 1. The molecule has 1 aliphatic heterocycles. The first-order valence-electron chi connectivity index (χ1n) is 14.4. The summed E-state index contributed by atoms with van der Waals surface area (Å²) in [6.07, 6.45) is 2.89. The summed E-state index contributed by atoms with van der Waals surface area (Å²) in [6.45, 7) is 5.68. The van der Waals surface area contributed by atoms with Gasteiger partial charge in [0.25, 0.3) is 5.91 Å². The number of nitrogens with zero attached hydrogens (tertiary/aromatic N) is 5. The van der Waals surface area contributed by atoms with E-state index in [1.807, 2.05) is 59.2 Å². The number of carbonyl (C=O) groups excluding carboxylic acids is 2. The fourth-order valence-electron chi connectivity index (χ4n) is 5.32. The minimum atomic E-state index is -0.0808. The summed E-state index contributed by atoms with van der Waals surface area (Å²) in [4.78, 5) is 29.7. The maximum absolute atomic E-state index is 13.0. The molecule has 218 valence electrons. The Morgan fingerprint density at radius 1 is 0.929 bits per heavy atom. The lowest BCUT2D eigenvalue weighted by atomic mass is 10.1. The van der Waals surface area contributed by atoms with Crippen molar-refractivity contribution in [2.24, 2.45) is 0 Å². The average Bonchev–Trinajstić information content (AvgIpc) is 3.39. The van der Waals surface area contributed by atoms with Gasteiger partial charge in [0.05, 0.1) is 16.3 Å². The Hall–Kier alpha value is -3.62. The Morgan fingerprint density at radius 2 is 1.67 bits per heavy atom. The Kier molecular flexibility index (Phi) is 9.97. The Bertz CT molecular complexity index is 1530. The number of piperazine rings is 1. The number of rotatable bonds is 10. The summed E-state index contributed by atoms with van der Waals surface area (Å²) in [5.41, 5.74) is 3.96. The molecule has 4 aromatic rings. The number of unbranched alkanes of at least 4 members (excludes halogenated alkanes) is 1. The molecular weight excluding hydrogens is 566 g/mol. The molecule has 42 heavy (non-hydrogen) atoms. The highest BCUT2D eigenvalue weighted by Gasteiger charge is 2.30. The number of aromatic nitrogens is 3. The SMILES string of the molecule is Cc1ccccc1-n1c(Cc2ccccc2)nnc1SCCCCC(=O)N1CCN(C(=O)c2ccccc2Cl)C(C)C1. The third kappa shape index (κ3) is 7.05. The van der Waals surface area contributed by atoms with Crippen LogP contribution < -0.4 is 0 Å². The van der Waals surface area contributed by atoms with Crippen molar-refractivity contribution in [1.82, 2.24) is 24.6 Å². The summed E-state index contributed by atoms with van der Waals surface area (Å²) < 4.78 is 2.17. The van der Waals surface area contributed by atoms with Gasteiger partial charge in [-0.05, 0) is 56.0 Å². The highest BCUT2D eigenvalue weighted by atomic mass is 35.5. The molecule has 0 saturated carbocycles. The number of aryl methyl sites for hydroxylation is 1. The Labute approximate surface area is 256 Å². The topological polar surface area (TPSA) is 71.3 Å². The fourth-order valence-corrected chi connectivity index (χ4v) is 6.50. The lowest BCUT2D eigenvalue weighted by Crippen LogP contribution is -2.55. The third-order valence-corrected chi connectivity index (χ3v) is 8.97. The summed E-state index contributed by atoms with van der Waals surface area (Å²) in [7, 11) is 0. The predicted octanol–water partition coefficient (Wildman–Crippen LogP) is 6.46. The average molecular weight is 602 g/mol. The third-order valence-electron chi connectivity index (χ3n) is 7.62. The Morgan fingerprint density at radius 3 is 2.43 bits per heavy atom. The number of hydrogen-bond acceptors (Lipinski definition) is 5. The van der Waals surface area contributed by atoms with Crippen LogP contribution in [0, 0.1) is 6.92 Å². The van der Waals surface area contributed by atoms with E-state index in [2.05, 4.69) is 46.0 Å². The lowest BCUT2D eigenvalue weighted by molar-refractivity contribution is -0.133. The zero-order chi connectivity index (χ0) is 29.5. The predicted molar refractivity (Wildman–Crippen MR) is 168 cm³/mol. The van der Waals surface area contributed by atoms with E-state index in [0.717, 1.165) is 35.3 Å². The molecule has 9 heteroatoms. The molecule has 3 aromatic carbocycles. The molecule has 1 aliphatic rings. The summed E-state index contributed by atoms with van der Waals surface area (Å²) in [5.74, 6) is 1.82. The van der Waals surface area contributed by atoms with Crippen LogP contribution in [0.4, 0.5) is 0 Å². The molecule has 0 radical (unpaired) electrons. The van der Waals surface area contributed by atoms with E-state index in [1.54, 1.807) is 23.9 Å². The zero-order valence-electron chi connectivity index (χ0n) is 24.1. The van der Waals surface area contributed by atoms with Crippen molar-refractivity contribution in [2.45, 2.75) is 50.7 Å². The van der Waals surface area contributed by atoms with Crippen LogP contribution in [0.25, 0.3) is 5.69 Å². The second-order valence-electron chi connectivity index (χ2n) is 10.7. The molecule has 1 aromatic heterocycles. The van der Waals surface area contributed by atoms with Crippen LogP contribution in [0.3, 0.4) is 0 Å². The van der Waals surface area contributed by atoms with Gasteiger partial charge in [0.1, 0.15) is 5.82 Å². The van der Waals surface area contributed by atoms with Gasteiger partial charge in [-0.2, -0.15) is 0 Å². The van der Waals surface area contributed by atoms with E-state index >= 15 is 0 Å². The monoisotopic (exact) mass is 601 g/mol. The molecule has 2 amide bonds. The first-order chi connectivity index (χ1) is 20.4. The van der Waals surface area contributed by atoms with Crippen LogP contribution in [-0.4, -0.2) is 67.8 Å². The molecule has 1 unspecified atom stereocenters. The van der Waals surface area contributed by atoms with Crippen LogP contribution in [0.2, 0.25) is 5.02 Å². The molecule has 1 fully saturated rings. The van der Waals surface area contributed by atoms with Gasteiger partial charge in [0, 0.05) is 44.3 Å². The number of carbonyl (C=O) groups is 2. The zero-order valence-corrected chi connectivity index (χ0v) is 25.7. The number of hydrogen-bond donors (Lipinski definition) is 0. The molecule has 1 saturated heterocycles. The van der Waals surface area contributed by atoms with Crippen LogP contribution in [0.5, 0.6) is 0 Å². The van der Waals surface area contributed by atoms with Gasteiger partial charge in [-0.25, -0.2) is 0 Å². The second kappa shape index (κ2) is 14.0. The molecule has 0 spiro atoms. The van der Waals surface area contributed by atoms with Gasteiger partial charge in [-0.3, -0.25) is 14.2 Å². The minimum absolute atomic E-state index is 0.0695. The summed E-state index contributed by atoms with van der Waals surface area (Å²) in [5, 5.41) is 10.4. The standard InChI is InChI=1S/C33H36ClN5O2S/c1-24-12-6-9-17-29(24)39-30(22-26-13-4-3-5-14-26)35-36-33(39)42-21-11-10-18-31(40)37-19-20-38(25(2)23-37)32(41)27-15-7-8-16-28(27)34/h3-9,12-17,25H,10-11,18-23H2,1-2H3. The van der Waals surface area contributed by atoms with Gasteiger partial charge in [0.2, 0.25) is 5.91 Å². The molecule has 7 nitrogen and oxygen atoms in total. The van der Waals surface area contributed by atoms with E-state index in [4.69, 9.17) is 11.6 Å². The van der Waals surface area contributed by atoms with Crippen LogP contribution in [-0.2, 0) is 11.2 Å². The van der Waals surface area contributed by atoms with E-state index < -0.39 is 0 Å². The van der Waals surface area contributed by atoms with Gasteiger partial charge in [0.15, 0.2) is 5.16 Å². The normalized spacial score (nSPS) is 15.2. The van der Waals surface area contributed by atoms with E-state index in [9.17, 15) is 9.59 Å². The molecule has 0 aliphatic carbocycles. The van der Waals surface area contributed by atoms with Gasteiger partial charge < -0.3 is 9.80 Å². The van der Waals surface area contributed by atoms with Crippen molar-refractivity contribution in [2.75, 3.05) is 25.4 Å². The van der Waals surface area contributed by atoms with Crippen molar-refractivity contribution < 1.29 is 9.59 Å². The molecule has 0 bridgehead atoms. The largest absolute Gasteiger partial charge is 0.339 e. The lowest BCUT2D eigenvalue weighted by Gasteiger charge is -2.40. The second-order valence-corrected chi connectivity index (χ2v) is 12.1. The Balaban J connectivity index is 1.13. The number of halogens is 1.